The minimum Gasteiger partial charge on any atom is -0.496 e. The summed E-state index contributed by atoms with van der Waals surface area (Å²) in [6.07, 6.45) is 1.92. The van der Waals surface area contributed by atoms with Gasteiger partial charge in [0, 0.05) is 18.3 Å². The second-order valence-corrected chi connectivity index (χ2v) is 6.12. The van der Waals surface area contributed by atoms with Gasteiger partial charge in [0.15, 0.2) is 5.49 Å². The maximum Gasteiger partial charge on any atom is 0.226 e. The first kappa shape index (κ1) is 15.3. The summed E-state index contributed by atoms with van der Waals surface area (Å²) in [6, 6.07) is 6.13. The lowest BCUT2D eigenvalue weighted by molar-refractivity contribution is 0.411. The molecule has 0 spiro atoms. The Morgan fingerprint density at radius 3 is 2.84 bits per heavy atom. The number of ether oxygens (including phenoxy) is 1. The standard InChI is InChI=1S/C18H18N6O/c1-10-4-5-14(25-3)11(2)15(10)24-16(20)12(8-19)13-9-23-7-6-21-18(23)22-17(13)24/h4-5,9H,6-7,20H2,1-3H3. The lowest BCUT2D eigenvalue weighted by Gasteiger charge is -2.18. The quantitative estimate of drug-likeness (QED) is 0.870. The Balaban J connectivity index is 2.14. The summed E-state index contributed by atoms with van der Waals surface area (Å²) < 4.78 is 7.30. The molecule has 1 aromatic carbocycles. The summed E-state index contributed by atoms with van der Waals surface area (Å²) in [5.74, 6) is 1.81. The molecule has 0 saturated carbocycles. The highest BCUT2D eigenvalue weighted by Crippen LogP contribution is 2.29. The smallest absolute Gasteiger partial charge is 0.226 e. The van der Waals surface area contributed by atoms with Crippen molar-refractivity contribution in [3.63, 3.8) is 0 Å². The molecule has 0 fully saturated rings. The van der Waals surface area contributed by atoms with E-state index in [9.17, 15) is 5.26 Å². The minimum absolute atomic E-state index is 0.383. The number of hydrogen-bond donors (Lipinski definition) is 1. The molecule has 0 saturated heterocycles. The number of guanidine groups is 1. The highest BCUT2D eigenvalue weighted by molar-refractivity contribution is 5.87. The molecule has 0 bridgehead atoms. The van der Waals surface area contributed by atoms with Gasteiger partial charge in [0.1, 0.15) is 23.2 Å². The first-order valence-corrected chi connectivity index (χ1v) is 8.03. The molecule has 3 heterocycles. The molecule has 7 heteroatoms. The van der Waals surface area contributed by atoms with E-state index >= 15 is 0 Å². The zero-order valence-corrected chi connectivity index (χ0v) is 14.4. The fourth-order valence-corrected chi connectivity index (χ4v) is 3.48. The first-order valence-electron chi connectivity index (χ1n) is 8.03. The van der Waals surface area contributed by atoms with Gasteiger partial charge in [-0.1, -0.05) is 6.07 Å². The van der Waals surface area contributed by atoms with Crippen LogP contribution in [0.5, 0.6) is 5.75 Å². The molecule has 0 aliphatic carbocycles. The van der Waals surface area contributed by atoms with Crippen molar-refractivity contribution >= 4 is 18.0 Å². The van der Waals surface area contributed by atoms with Gasteiger partial charge in [-0.05, 0) is 25.5 Å². The lowest BCUT2D eigenvalue weighted by Crippen LogP contribution is -2.40. The third-order valence-electron chi connectivity index (χ3n) is 4.70. The summed E-state index contributed by atoms with van der Waals surface area (Å²) in [4.78, 5) is 11.1. The largest absolute Gasteiger partial charge is 0.496 e. The van der Waals surface area contributed by atoms with Gasteiger partial charge in [-0.3, -0.25) is 4.57 Å². The molecule has 0 unspecified atom stereocenters. The molecule has 2 aliphatic heterocycles. The first-order chi connectivity index (χ1) is 12.1. The Hall–Kier alpha value is -3.27. The van der Waals surface area contributed by atoms with Gasteiger partial charge in [-0.2, -0.15) is 10.3 Å². The maximum absolute atomic E-state index is 9.64. The summed E-state index contributed by atoms with van der Waals surface area (Å²) in [7, 11) is 1.64. The van der Waals surface area contributed by atoms with Crippen LogP contribution < -0.4 is 21.2 Å². The number of fused-ring (bicyclic) bond motifs is 2. The highest BCUT2D eigenvalue weighted by atomic mass is 16.5. The van der Waals surface area contributed by atoms with Crippen LogP contribution in [0.2, 0.25) is 0 Å². The van der Waals surface area contributed by atoms with Gasteiger partial charge in [0.2, 0.25) is 5.96 Å². The normalized spacial score (nSPS) is 14.8. The zero-order chi connectivity index (χ0) is 17.7. The summed E-state index contributed by atoms with van der Waals surface area (Å²) >= 11 is 0. The van der Waals surface area contributed by atoms with Crippen LogP contribution >= 0.6 is 0 Å². The van der Waals surface area contributed by atoms with Gasteiger partial charge >= 0.3 is 0 Å². The molecule has 0 atom stereocenters. The molecule has 4 rings (SSSR count). The van der Waals surface area contributed by atoms with E-state index in [1.54, 1.807) is 7.11 Å². The number of rotatable bonds is 2. The van der Waals surface area contributed by atoms with Crippen molar-refractivity contribution in [1.82, 2.24) is 9.47 Å². The van der Waals surface area contributed by atoms with E-state index < -0.39 is 0 Å². The molecule has 126 valence electrons. The second kappa shape index (κ2) is 5.38. The van der Waals surface area contributed by atoms with E-state index in [1.165, 1.54) is 0 Å². The Morgan fingerprint density at radius 1 is 1.32 bits per heavy atom. The van der Waals surface area contributed by atoms with Gasteiger partial charge in [-0.15, -0.1) is 0 Å². The average molecular weight is 334 g/mol. The van der Waals surface area contributed by atoms with E-state index in [1.807, 2.05) is 41.6 Å². The maximum atomic E-state index is 9.64. The van der Waals surface area contributed by atoms with Crippen molar-refractivity contribution in [3.8, 4) is 17.5 Å². The van der Waals surface area contributed by atoms with Crippen LogP contribution in [0.3, 0.4) is 0 Å². The molecular formula is C18H18N6O. The molecule has 2 aromatic rings. The number of aryl methyl sites for hydroxylation is 1. The Kier molecular flexibility index (Phi) is 3.29. The van der Waals surface area contributed by atoms with Gasteiger partial charge in [0.25, 0.3) is 0 Å². The van der Waals surface area contributed by atoms with E-state index in [4.69, 9.17) is 10.5 Å². The lowest BCUT2D eigenvalue weighted by atomic mass is 10.1. The average Bonchev–Trinajstić information content (AvgIpc) is 3.15. The Morgan fingerprint density at radius 2 is 2.12 bits per heavy atom. The number of methoxy groups -OCH3 is 1. The van der Waals surface area contributed by atoms with Crippen molar-refractivity contribution < 1.29 is 4.74 Å². The monoisotopic (exact) mass is 334 g/mol. The van der Waals surface area contributed by atoms with Crippen molar-refractivity contribution in [2.24, 2.45) is 9.98 Å². The van der Waals surface area contributed by atoms with Crippen LogP contribution in [0.15, 0.2) is 22.1 Å². The van der Waals surface area contributed by atoms with Crippen LogP contribution in [0.1, 0.15) is 16.7 Å². The predicted molar refractivity (Wildman–Crippen MR) is 95.2 cm³/mol. The molecule has 0 amide bonds. The van der Waals surface area contributed by atoms with E-state index in [0.717, 1.165) is 34.3 Å². The van der Waals surface area contributed by atoms with Crippen molar-refractivity contribution in [1.29, 1.82) is 5.26 Å². The number of nitriles is 1. The Bertz CT molecular complexity index is 1090. The minimum atomic E-state index is 0.383. The van der Waals surface area contributed by atoms with E-state index in [0.29, 0.717) is 29.4 Å². The molecule has 0 radical (unpaired) electrons. The molecule has 7 nitrogen and oxygen atoms in total. The van der Waals surface area contributed by atoms with Gasteiger partial charge < -0.3 is 15.4 Å². The van der Waals surface area contributed by atoms with Crippen molar-refractivity contribution in [2.75, 3.05) is 25.9 Å². The van der Waals surface area contributed by atoms with Gasteiger partial charge in [-0.25, -0.2) is 4.99 Å². The van der Waals surface area contributed by atoms with Crippen LogP contribution in [0.4, 0.5) is 5.82 Å². The Labute approximate surface area is 145 Å². The SMILES string of the molecule is COc1ccc(C)c(-n2c(N)c(C#N)c3c2=NC2=NCCN2C=3)c1C. The van der Waals surface area contributed by atoms with Crippen LogP contribution in [-0.4, -0.2) is 35.6 Å². The van der Waals surface area contributed by atoms with Crippen molar-refractivity contribution in [2.45, 2.75) is 13.8 Å². The summed E-state index contributed by atoms with van der Waals surface area (Å²) in [5, 5.41) is 10.4. The number of nitrogens with two attached hydrogens (primary N) is 1. The molecule has 2 N–H and O–H groups in total. The number of benzene rings is 1. The molecule has 2 aliphatic rings. The van der Waals surface area contributed by atoms with Crippen LogP contribution in [-0.2, 0) is 0 Å². The second-order valence-electron chi connectivity index (χ2n) is 6.12. The number of aromatic nitrogens is 1. The summed E-state index contributed by atoms with van der Waals surface area (Å²) in [6.45, 7) is 5.45. The molecule has 1 aromatic heterocycles. The number of hydrogen-bond acceptors (Lipinski definition) is 6. The van der Waals surface area contributed by atoms with E-state index in [-0.39, 0.29) is 0 Å². The highest BCUT2D eigenvalue weighted by Gasteiger charge is 2.25. The van der Waals surface area contributed by atoms with E-state index in [2.05, 4.69) is 16.1 Å². The number of anilines is 1. The zero-order valence-electron chi connectivity index (χ0n) is 14.4. The van der Waals surface area contributed by atoms with Crippen LogP contribution in [0, 0.1) is 25.2 Å². The number of nitrogen functional groups attached to an aromatic ring is 1. The number of nitrogens with zero attached hydrogens (tertiary/aromatic N) is 5. The van der Waals surface area contributed by atoms with Crippen LogP contribution in [0.25, 0.3) is 11.9 Å². The van der Waals surface area contributed by atoms with Gasteiger partial charge in [0.05, 0.1) is 24.6 Å². The van der Waals surface area contributed by atoms with Crippen molar-refractivity contribution in [3.05, 3.63) is 39.5 Å². The number of aliphatic imine (C=N–C) groups is 1. The third kappa shape index (κ3) is 2.04. The predicted octanol–water partition coefficient (Wildman–Crippen LogP) is 0.599. The fourth-order valence-electron chi connectivity index (χ4n) is 3.48. The molecular weight excluding hydrogens is 316 g/mol. The topological polar surface area (TPSA) is 91.9 Å². The fraction of sp³-hybridized carbons (Fsp3) is 0.278. The third-order valence-corrected chi connectivity index (χ3v) is 4.70. The summed E-state index contributed by atoms with van der Waals surface area (Å²) in [5.41, 5.74) is 10.3. The molecule has 25 heavy (non-hydrogen) atoms.